The van der Waals surface area contributed by atoms with Crippen LogP contribution in [0.25, 0.3) is 10.9 Å². The lowest BCUT2D eigenvalue weighted by Gasteiger charge is -2.10. The van der Waals surface area contributed by atoms with E-state index in [9.17, 15) is 0 Å². The van der Waals surface area contributed by atoms with Gasteiger partial charge in [-0.15, -0.1) is 0 Å². The monoisotopic (exact) mass is 249 g/mol. The molecule has 1 heteroatoms. The molecule has 0 atom stereocenters. The van der Waals surface area contributed by atoms with E-state index in [1.807, 2.05) is 0 Å². The maximum absolute atomic E-state index is 2.39. The second-order valence-corrected chi connectivity index (χ2v) is 5.43. The second kappa shape index (κ2) is 4.58. The van der Waals surface area contributed by atoms with E-state index >= 15 is 0 Å². The molecule has 0 bridgehead atoms. The van der Waals surface area contributed by atoms with E-state index in [1.54, 1.807) is 0 Å². The molecule has 0 saturated carbocycles. The summed E-state index contributed by atoms with van der Waals surface area (Å²) in [6, 6.07) is 17.6. The summed E-state index contributed by atoms with van der Waals surface area (Å²) in [6.07, 6.45) is 0. The highest BCUT2D eigenvalue weighted by atomic mass is 15.0. The van der Waals surface area contributed by atoms with Crippen molar-refractivity contribution >= 4 is 10.9 Å². The number of fused-ring (bicyclic) bond motifs is 1. The Labute approximate surface area is 114 Å². The fraction of sp³-hybridized carbons (Fsp3) is 0.222. The molecule has 0 aliphatic carbocycles. The molecule has 0 N–H and O–H groups in total. The van der Waals surface area contributed by atoms with Gasteiger partial charge in [-0.3, -0.25) is 0 Å². The lowest BCUT2D eigenvalue weighted by atomic mass is 10.1. The summed E-state index contributed by atoms with van der Waals surface area (Å²) in [6.45, 7) is 7.46. The molecule has 1 nitrogen and oxygen atoms in total. The van der Waals surface area contributed by atoms with Crippen molar-refractivity contribution in [2.24, 2.45) is 0 Å². The van der Waals surface area contributed by atoms with E-state index in [0.29, 0.717) is 0 Å². The van der Waals surface area contributed by atoms with Crippen molar-refractivity contribution in [3.63, 3.8) is 0 Å². The molecule has 0 aliphatic rings. The minimum Gasteiger partial charge on any atom is -0.340 e. The number of benzene rings is 2. The molecule has 1 aromatic heterocycles. The summed E-state index contributed by atoms with van der Waals surface area (Å²) in [4.78, 5) is 0. The van der Waals surface area contributed by atoms with E-state index in [1.165, 1.54) is 33.3 Å². The van der Waals surface area contributed by atoms with Crippen LogP contribution in [0, 0.1) is 20.8 Å². The maximum Gasteiger partial charge on any atom is 0.0485 e. The quantitative estimate of drug-likeness (QED) is 0.625. The van der Waals surface area contributed by atoms with Crippen molar-refractivity contribution in [1.82, 2.24) is 4.57 Å². The smallest absolute Gasteiger partial charge is 0.0485 e. The van der Waals surface area contributed by atoms with Crippen LogP contribution in [0.5, 0.6) is 0 Å². The van der Waals surface area contributed by atoms with E-state index in [-0.39, 0.29) is 0 Å². The molecule has 0 saturated heterocycles. The summed E-state index contributed by atoms with van der Waals surface area (Å²) in [5, 5.41) is 1.32. The number of hydrogen-bond acceptors (Lipinski definition) is 0. The number of aryl methyl sites for hydroxylation is 3. The molecule has 0 unspecified atom stereocenters. The van der Waals surface area contributed by atoms with Gasteiger partial charge in [-0.2, -0.15) is 0 Å². The molecule has 1 heterocycles. The number of aromatic nitrogens is 1. The summed E-state index contributed by atoms with van der Waals surface area (Å²) < 4.78 is 2.39. The summed E-state index contributed by atoms with van der Waals surface area (Å²) in [7, 11) is 0. The molecule has 96 valence electrons. The Morgan fingerprint density at radius 3 is 2.26 bits per heavy atom. The van der Waals surface area contributed by atoms with Crippen LogP contribution in [-0.2, 0) is 6.54 Å². The average Bonchev–Trinajstić information content (AvgIpc) is 2.65. The predicted molar refractivity (Wildman–Crippen MR) is 81.7 cm³/mol. The number of rotatable bonds is 2. The van der Waals surface area contributed by atoms with Gasteiger partial charge >= 0.3 is 0 Å². The fourth-order valence-electron chi connectivity index (χ4n) is 2.90. The summed E-state index contributed by atoms with van der Waals surface area (Å²) in [5.41, 5.74) is 6.69. The third-order valence-corrected chi connectivity index (χ3v) is 3.64. The predicted octanol–water partition coefficient (Wildman–Crippen LogP) is 4.61. The fourth-order valence-corrected chi connectivity index (χ4v) is 2.90. The van der Waals surface area contributed by atoms with Crippen molar-refractivity contribution in [3.05, 3.63) is 70.9 Å². The van der Waals surface area contributed by atoms with Crippen molar-refractivity contribution in [3.8, 4) is 0 Å². The Morgan fingerprint density at radius 2 is 1.53 bits per heavy atom. The zero-order valence-electron chi connectivity index (χ0n) is 11.8. The Balaban J connectivity index is 2.07. The molecule has 0 radical (unpaired) electrons. The largest absolute Gasteiger partial charge is 0.340 e. The third-order valence-electron chi connectivity index (χ3n) is 3.64. The molecule has 2 aromatic carbocycles. The molecule has 3 rings (SSSR count). The maximum atomic E-state index is 2.39. The topological polar surface area (TPSA) is 4.93 Å². The summed E-state index contributed by atoms with van der Waals surface area (Å²) in [5.74, 6) is 0. The first-order chi connectivity index (χ1) is 9.13. The highest BCUT2D eigenvalue weighted by molar-refractivity contribution is 5.81. The minimum atomic E-state index is 0.946. The normalized spacial score (nSPS) is 11.1. The van der Waals surface area contributed by atoms with Gasteiger partial charge in [0.15, 0.2) is 0 Å². The van der Waals surface area contributed by atoms with Crippen LogP contribution in [-0.4, -0.2) is 4.57 Å². The zero-order chi connectivity index (χ0) is 13.4. The zero-order valence-corrected chi connectivity index (χ0v) is 11.8. The third kappa shape index (κ3) is 2.28. The first-order valence-electron chi connectivity index (χ1n) is 6.75. The number of para-hydroxylation sites is 1. The highest BCUT2D eigenvalue weighted by Gasteiger charge is 2.06. The van der Waals surface area contributed by atoms with Crippen molar-refractivity contribution in [2.45, 2.75) is 27.3 Å². The first kappa shape index (κ1) is 12.0. The molecule has 0 amide bonds. The van der Waals surface area contributed by atoms with Crippen molar-refractivity contribution < 1.29 is 0 Å². The van der Waals surface area contributed by atoms with Crippen LogP contribution in [0.15, 0.2) is 48.5 Å². The molecule has 0 aliphatic heterocycles. The second-order valence-electron chi connectivity index (χ2n) is 5.43. The van der Waals surface area contributed by atoms with E-state index in [2.05, 4.69) is 73.9 Å². The Bertz CT molecular complexity index is 714. The van der Waals surface area contributed by atoms with Gasteiger partial charge < -0.3 is 4.57 Å². The van der Waals surface area contributed by atoms with Gasteiger partial charge in [0.05, 0.1) is 0 Å². The van der Waals surface area contributed by atoms with Gasteiger partial charge in [0.2, 0.25) is 0 Å². The minimum absolute atomic E-state index is 0.946. The van der Waals surface area contributed by atoms with Gasteiger partial charge in [0, 0.05) is 17.8 Å². The van der Waals surface area contributed by atoms with Crippen LogP contribution in [0.3, 0.4) is 0 Å². The first-order valence-corrected chi connectivity index (χ1v) is 6.75. The van der Waals surface area contributed by atoms with Gasteiger partial charge in [0.1, 0.15) is 0 Å². The van der Waals surface area contributed by atoms with Crippen molar-refractivity contribution in [1.29, 1.82) is 0 Å². The standard InChI is InChI=1S/C18H19N/c1-13-8-14(2)10-16(9-13)12-19-15(3)11-17-6-4-5-7-18(17)19/h4-11H,12H2,1-3H3. The van der Waals surface area contributed by atoms with Gasteiger partial charge in [0.25, 0.3) is 0 Å². The number of nitrogens with zero attached hydrogens (tertiary/aromatic N) is 1. The lowest BCUT2D eigenvalue weighted by Crippen LogP contribution is -2.02. The molecular formula is C18H19N. The van der Waals surface area contributed by atoms with Crippen LogP contribution >= 0.6 is 0 Å². The lowest BCUT2D eigenvalue weighted by molar-refractivity contribution is 0.803. The molecular weight excluding hydrogens is 230 g/mol. The van der Waals surface area contributed by atoms with E-state index in [0.717, 1.165) is 6.54 Å². The Hall–Kier alpha value is -2.02. The summed E-state index contributed by atoms with van der Waals surface area (Å²) >= 11 is 0. The Kier molecular flexibility index (Phi) is 2.90. The molecule has 3 aromatic rings. The van der Waals surface area contributed by atoms with E-state index in [4.69, 9.17) is 0 Å². The van der Waals surface area contributed by atoms with Crippen molar-refractivity contribution in [2.75, 3.05) is 0 Å². The molecule has 0 spiro atoms. The van der Waals surface area contributed by atoms with Crippen LogP contribution in [0.1, 0.15) is 22.4 Å². The van der Waals surface area contributed by atoms with Crippen LogP contribution in [0.4, 0.5) is 0 Å². The molecule has 19 heavy (non-hydrogen) atoms. The average molecular weight is 249 g/mol. The highest BCUT2D eigenvalue weighted by Crippen LogP contribution is 2.21. The van der Waals surface area contributed by atoms with Gasteiger partial charge in [-0.1, -0.05) is 47.5 Å². The van der Waals surface area contributed by atoms with Gasteiger partial charge in [-0.25, -0.2) is 0 Å². The van der Waals surface area contributed by atoms with Crippen LogP contribution < -0.4 is 0 Å². The Morgan fingerprint density at radius 1 is 0.842 bits per heavy atom. The van der Waals surface area contributed by atoms with E-state index < -0.39 is 0 Å². The van der Waals surface area contributed by atoms with Crippen LogP contribution in [0.2, 0.25) is 0 Å². The van der Waals surface area contributed by atoms with Gasteiger partial charge in [-0.05, 0) is 43.9 Å². The number of hydrogen-bond donors (Lipinski definition) is 0. The SMILES string of the molecule is Cc1cc(C)cc(Cn2c(C)cc3ccccc32)c1. The molecule has 0 fully saturated rings.